The average Bonchev–Trinajstić information content (AvgIpc) is 3.05. The van der Waals surface area contributed by atoms with Crippen molar-refractivity contribution in [2.75, 3.05) is 5.73 Å². The van der Waals surface area contributed by atoms with Gasteiger partial charge in [0.1, 0.15) is 35.3 Å². The fourth-order valence-electron chi connectivity index (χ4n) is 5.28. The Bertz CT molecular complexity index is 1150. The molecule has 6 atom stereocenters. The van der Waals surface area contributed by atoms with E-state index in [-0.39, 0.29) is 11.7 Å². The number of hydrogen-bond acceptors (Lipinski definition) is 9. The summed E-state index contributed by atoms with van der Waals surface area (Å²) in [5.74, 6) is 0.462. The Kier molecular flexibility index (Phi) is 4.79. The van der Waals surface area contributed by atoms with Crippen LogP contribution in [0.1, 0.15) is 52.7 Å². The third kappa shape index (κ3) is 3.23. The first-order valence-electron chi connectivity index (χ1n) is 11.2. The zero-order valence-electron chi connectivity index (χ0n) is 19.2. The van der Waals surface area contributed by atoms with E-state index >= 15 is 0 Å². The number of nitrogens with zero attached hydrogens (tertiary/aromatic N) is 3. The van der Waals surface area contributed by atoms with Crippen molar-refractivity contribution in [3.05, 3.63) is 35.8 Å². The number of carbonyl (C=O) groups is 1. The van der Waals surface area contributed by atoms with Crippen LogP contribution in [0, 0.1) is 5.92 Å². The number of nitrogen functional groups attached to an aromatic ring is 1. The molecule has 2 fully saturated rings. The van der Waals surface area contributed by atoms with Crippen LogP contribution >= 0.6 is 0 Å². The molecule has 33 heavy (non-hydrogen) atoms. The molecule has 5 rings (SSSR count). The van der Waals surface area contributed by atoms with Crippen molar-refractivity contribution in [2.45, 2.75) is 82.1 Å². The van der Waals surface area contributed by atoms with Crippen LogP contribution in [-0.4, -0.2) is 60.5 Å². The van der Waals surface area contributed by atoms with Crippen LogP contribution in [0.25, 0.3) is 5.52 Å². The molecule has 1 saturated heterocycles. The number of ether oxygens (including phenoxy) is 3. The summed E-state index contributed by atoms with van der Waals surface area (Å²) in [6, 6.07) is 3.43. The van der Waals surface area contributed by atoms with Gasteiger partial charge in [0.05, 0.1) is 5.69 Å². The van der Waals surface area contributed by atoms with E-state index in [9.17, 15) is 15.0 Å². The van der Waals surface area contributed by atoms with Crippen LogP contribution < -0.4 is 5.73 Å². The van der Waals surface area contributed by atoms with E-state index < -0.39 is 41.3 Å². The van der Waals surface area contributed by atoms with Gasteiger partial charge in [0.2, 0.25) is 0 Å². The molecule has 10 nitrogen and oxygen atoms in total. The first-order chi connectivity index (χ1) is 15.5. The second-order valence-corrected chi connectivity index (χ2v) is 10.1. The second kappa shape index (κ2) is 7.15. The minimum atomic E-state index is -1.74. The van der Waals surface area contributed by atoms with Gasteiger partial charge < -0.3 is 30.2 Å². The maximum atomic E-state index is 12.6. The van der Waals surface area contributed by atoms with E-state index in [0.29, 0.717) is 11.2 Å². The lowest BCUT2D eigenvalue weighted by Crippen LogP contribution is -2.47. The van der Waals surface area contributed by atoms with Crippen molar-refractivity contribution >= 4 is 17.5 Å². The predicted octanol–water partition coefficient (Wildman–Crippen LogP) is 2.08. The van der Waals surface area contributed by atoms with Crippen LogP contribution in [-0.2, 0) is 19.8 Å². The summed E-state index contributed by atoms with van der Waals surface area (Å²) in [5.41, 5.74) is 4.55. The molecule has 1 saturated carbocycles. The smallest absolute Gasteiger partial charge is 0.428 e. The highest BCUT2D eigenvalue weighted by Crippen LogP contribution is 2.59. The predicted molar refractivity (Wildman–Crippen MR) is 117 cm³/mol. The van der Waals surface area contributed by atoms with Crippen molar-refractivity contribution < 1.29 is 29.2 Å². The molecule has 4 N–H and O–H groups in total. The third-order valence-corrected chi connectivity index (χ3v) is 7.59. The number of fused-ring (bicyclic) bond motifs is 2. The molecule has 3 heterocycles. The highest BCUT2D eigenvalue weighted by atomic mass is 16.8. The molecule has 10 heteroatoms. The van der Waals surface area contributed by atoms with Crippen molar-refractivity contribution in [1.82, 2.24) is 14.6 Å². The minimum absolute atomic E-state index is 0.178. The van der Waals surface area contributed by atoms with Crippen molar-refractivity contribution in [2.24, 2.45) is 5.92 Å². The van der Waals surface area contributed by atoms with Crippen molar-refractivity contribution in [3.63, 3.8) is 0 Å². The molecule has 0 bridgehead atoms. The third-order valence-electron chi connectivity index (χ3n) is 7.59. The highest BCUT2D eigenvalue weighted by molar-refractivity contribution is 5.66. The minimum Gasteiger partial charge on any atom is -0.428 e. The van der Waals surface area contributed by atoms with Crippen molar-refractivity contribution in [3.8, 4) is 0 Å². The molecular weight excluding hydrogens is 428 g/mol. The summed E-state index contributed by atoms with van der Waals surface area (Å²) in [7, 11) is 0. The molecule has 0 spiro atoms. The largest absolute Gasteiger partial charge is 0.509 e. The fourth-order valence-corrected chi connectivity index (χ4v) is 5.28. The number of anilines is 1. The van der Waals surface area contributed by atoms with Crippen LogP contribution in [0.2, 0.25) is 0 Å². The number of aromatic nitrogens is 3. The van der Waals surface area contributed by atoms with E-state index in [1.165, 1.54) is 16.4 Å². The Labute approximate surface area is 191 Å². The van der Waals surface area contributed by atoms with Gasteiger partial charge in [-0.2, -0.15) is 5.10 Å². The van der Waals surface area contributed by atoms with Crippen LogP contribution in [0.15, 0.2) is 30.1 Å². The molecule has 2 aromatic rings. The fraction of sp³-hybridized carbons (Fsp3) is 0.609. The average molecular weight is 459 g/mol. The van der Waals surface area contributed by atoms with Gasteiger partial charge >= 0.3 is 6.16 Å². The highest BCUT2D eigenvalue weighted by Gasteiger charge is 2.82. The van der Waals surface area contributed by atoms with Gasteiger partial charge in [-0.05, 0) is 59.1 Å². The second-order valence-electron chi connectivity index (χ2n) is 10.1. The maximum Gasteiger partial charge on any atom is 0.509 e. The Hall–Kier alpha value is -2.69. The molecule has 2 unspecified atom stereocenters. The number of carbonyl (C=O) groups excluding carboxylic acids is 1. The lowest BCUT2D eigenvalue weighted by molar-refractivity contribution is -0.138. The van der Waals surface area contributed by atoms with Crippen LogP contribution in [0.3, 0.4) is 0 Å². The van der Waals surface area contributed by atoms with E-state index in [1.807, 2.05) is 13.8 Å². The lowest BCUT2D eigenvalue weighted by Gasteiger charge is -2.35. The van der Waals surface area contributed by atoms with E-state index in [4.69, 9.17) is 19.9 Å². The maximum absolute atomic E-state index is 12.6. The number of rotatable bonds is 4. The topological polar surface area (TPSA) is 141 Å². The number of nitrogens with two attached hydrogens (primary N) is 1. The Morgan fingerprint density at radius 2 is 2.15 bits per heavy atom. The van der Waals surface area contributed by atoms with Crippen LogP contribution in [0.4, 0.5) is 10.6 Å². The monoisotopic (exact) mass is 458 g/mol. The molecule has 178 valence electrons. The number of aliphatic hydroxyl groups is 2. The molecule has 2 aromatic heterocycles. The van der Waals surface area contributed by atoms with Gasteiger partial charge in [-0.1, -0.05) is 11.6 Å². The van der Waals surface area contributed by atoms with E-state index in [1.54, 1.807) is 19.1 Å². The summed E-state index contributed by atoms with van der Waals surface area (Å²) in [6.07, 6.45) is 2.04. The van der Waals surface area contributed by atoms with Gasteiger partial charge in [-0.25, -0.2) is 14.3 Å². The van der Waals surface area contributed by atoms with E-state index in [2.05, 4.69) is 23.1 Å². The van der Waals surface area contributed by atoms with Gasteiger partial charge in [0.15, 0.2) is 17.5 Å². The normalized spacial score (nSPS) is 35.8. The molecule has 2 aliphatic carbocycles. The zero-order chi connectivity index (χ0) is 23.8. The van der Waals surface area contributed by atoms with Gasteiger partial charge in [0.25, 0.3) is 0 Å². The van der Waals surface area contributed by atoms with E-state index in [0.717, 1.165) is 19.3 Å². The molecule has 3 aliphatic rings. The first-order valence-corrected chi connectivity index (χ1v) is 11.2. The number of hydrogen-bond donors (Lipinski definition) is 3. The number of aliphatic hydroxyl groups excluding tert-OH is 1. The van der Waals surface area contributed by atoms with Gasteiger partial charge in [0, 0.05) is 5.92 Å². The SMILES string of the molecule is CC1=CCC(C(C)(C)OC(=O)OC2[C@H]3O[C@@](C)(c4ccc5c(N)ncnn45)[C@H](O)[C@@]23O)CC1. The zero-order valence-corrected chi connectivity index (χ0v) is 19.2. The van der Waals surface area contributed by atoms with Gasteiger partial charge in [-0.15, -0.1) is 0 Å². The summed E-state index contributed by atoms with van der Waals surface area (Å²) in [6.45, 7) is 7.48. The Morgan fingerprint density at radius 1 is 1.39 bits per heavy atom. The molecular formula is C23H30N4O6. The summed E-state index contributed by atoms with van der Waals surface area (Å²) in [4.78, 5) is 16.5. The van der Waals surface area contributed by atoms with Gasteiger partial charge in [-0.3, -0.25) is 0 Å². The van der Waals surface area contributed by atoms with Crippen LogP contribution in [0.5, 0.6) is 0 Å². The Morgan fingerprint density at radius 3 is 2.79 bits per heavy atom. The quantitative estimate of drug-likeness (QED) is 0.464. The summed E-state index contributed by atoms with van der Waals surface area (Å²) < 4.78 is 18.6. The summed E-state index contributed by atoms with van der Waals surface area (Å²) in [5, 5.41) is 26.4. The molecule has 0 radical (unpaired) electrons. The Balaban J connectivity index is 1.28. The number of allylic oxidation sites excluding steroid dienone is 2. The molecule has 0 aromatic carbocycles. The first kappa shape index (κ1) is 22.1. The van der Waals surface area contributed by atoms with Crippen molar-refractivity contribution in [1.29, 1.82) is 0 Å². The lowest BCUT2D eigenvalue weighted by atomic mass is 9.80. The summed E-state index contributed by atoms with van der Waals surface area (Å²) >= 11 is 0. The standard InChI is InChI=1S/C23H30N4O6/c1-12-5-7-13(8-6-12)21(2,3)33-20(29)31-16-17-23(16,30)19(28)22(4,32-17)15-10-9-14-18(24)25-11-26-27(14)15/h5,9-11,13,16-17,19,28,30H,6-8H2,1-4H3,(H2,24,25,26)/t13?,16?,17-,19+,22+,23-/m1/s1. The molecule has 1 aliphatic heterocycles. The molecule has 0 amide bonds.